The van der Waals surface area contributed by atoms with Gasteiger partial charge in [-0.3, -0.25) is 0 Å². The molecule has 0 saturated carbocycles. The van der Waals surface area contributed by atoms with E-state index >= 15 is 0 Å². The summed E-state index contributed by atoms with van der Waals surface area (Å²) in [7, 11) is 0. The molecular formula is C13H14O5. The van der Waals surface area contributed by atoms with E-state index < -0.39 is 11.9 Å². The van der Waals surface area contributed by atoms with Crippen LogP contribution in [0.25, 0.3) is 0 Å². The van der Waals surface area contributed by atoms with Crippen LogP contribution in [0, 0.1) is 0 Å². The Morgan fingerprint density at radius 2 is 2.11 bits per heavy atom. The first kappa shape index (κ1) is 13.9. The average Bonchev–Trinajstić information content (AvgIpc) is 2.36. The van der Waals surface area contributed by atoms with E-state index in [9.17, 15) is 14.4 Å². The molecular weight excluding hydrogens is 236 g/mol. The average molecular weight is 250 g/mol. The first-order valence-corrected chi connectivity index (χ1v) is 5.57. The highest BCUT2D eigenvalue weighted by atomic mass is 16.5. The third-order valence-electron chi connectivity index (χ3n) is 2.38. The monoisotopic (exact) mass is 250 g/mol. The molecule has 0 atom stereocenters. The van der Waals surface area contributed by atoms with E-state index in [1.54, 1.807) is 13.0 Å². The second-order valence-electron chi connectivity index (χ2n) is 3.60. The SMILES string of the molecule is CCOC(=O)c1cc(C(=O)O)ccc1CCC=O. The zero-order valence-corrected chi connectivity index (χ0v) is 10.0. The predicted octanol–water partition coefficient (Wildman–Crippen LogP) is 1.69. The number of carbonyl (C=O) groups excluding carboxylic acids is 2. The van der Waals surface area contributed by atoms with Gasteiger partial charge in [0.1, 0.15) is 6.29 Å². The van der Waals surface area contributed by atoms with Gasteiger partial charge in [0.2, 0.25) is 0 Å². The summed E-state index contributed by atoms with van der Waals surface area (Å²) in [5.74, 6) is -1.68. The molecule has 0 bridgehead atoms. The second-order valence-corrected chi connectivity index (χ2v) is 3.60. The largest absolute Gasteiger partial charge is 0.478 e. The zero-order valence-electron chi connectivity index (χ0n) is 10.0. The van der Waals surface area contributed by atoms with E-state index in [2.05, 4.69) is 0 Å². The molecule has 5 heteroatoms. The number of ether oxygens (including phenoxy) is 1. The molecule has 0 saturated heterocycles. The molecule has 0 spiro atoms. The summed E-state index contributed by atoms with van der Waals surface area (Å²) < 4.78 is 4.86. The van der Waals surface area contributed by atoms with E-state index in [0.717, 1.165) is 6.29 Å². The number of benzene rings is 1. The van der Waals surface area contributed by atoms with Gasteiger partial charge in [-0.2, -0.15) is 0 Å². The smallest absolute Gasteiger partial charge is 0.338 e. The lowest BCUT2D eigenvalue weighted by molar-refractivity contribution is -0.107. The van der Waals surface area contributed by atoms with E-state index in [4.69, 9.17) is 9.84 Å². The normalized spacial score (nSPS) is 9.83. The van der Waals surface area contributed by atoms with Crippen molar-refractivity contribution in [3.05, 3.63) is 34.9 Å². The molecule has 0 heterocycles. The molecule has 0 radical (unpaired) electrons. The van der Waals surface area contributed by atoms with Crippen molar-refractivity contribution in [2.45, 2.75) is 19.8 Å². The Balaban J connectivity index is 3.12. The minimum absolute atomic E-state index is 0.0212. The Kier molecular flexibility index (Phi) is 5.05. The summed E-state index contributed by atoms with van der Waals surface area (Å²) in [5, 5.41) is 8.88. The fourth-order valence-corrected chi connectivity index (χ4v) is 1.54. The summed E-state index contributed by atoms with van der Waals surface area (Å²) in [6.45, 7) is 1.88. The minimum Gasteiger partial charge on any atom is -0.478 e. The Bertz CT molecular complexity index is 464. The number of hydrogen-bond donors (Lipinski definition) is 1. The van der Waals surface area contributed by atoms with Crippen molar-refractivity contribution in [1.29, 1.82) is 0 Å². The third-order valence-corrected chi connectivity index (χ3v) is 2.38. The highest BCUT2D eigenvalue weighted by Gasteiger charge is 2.15. The molecule has 0 unspecified atom stereocenters. The van der Waals surface area contributed by atoms with Gasteiger partial charge in [0.25, 0.3) is 0 Å². The van der Waals surface area contributed by atoms with E-state index in [-0.39, 0.29) is 24.2 Å². The molecule has 0 aliphatic rings. The van der Waals surface area contributed by atoms with E-state index in [1.807, 2.05) is 0 Å². The molecule has 0 aliphatic heterocycles. The summed E-state index contributed by atoms with van der Waals surface area (Å²) in [4.78, 5) is 32.9. The lowest BCUT2D eigenvalue weighted by Gasteiger charge is -2.08. The van der Waals surface area contributed by atoms with Crippen LogP contribution in [0.3, 0.4) is 0 Å². The lowest BCUT2D eigenvalue weighted by atomic mass is 10.0. The number of aromatic carboxylic acids is 1. The van der Waals surface area contributed by atoms with Crippen LogP contribution < -0.4 is 0 Å². The Hall–Kier alpha value is -2.17. The van der Waals surface area contributed by atoms with Crippen molar-refractivity contribution in [3.63, 3.8) is 0 Å². The van der Waals surface area contributed by atoms with Gasteiger partial charge in [0.15, 0.2) is 0 Å². The van der Waals surface area contributed by atoms with Gasteiger partial charge >= 0.3 is 11.9 Å². The quantitative estimate of drug-likeness (QED) is 0.613. The maximum atomic E-state index is 11.7. The number of aryl methyl sites for hydroxylation is 1. The standard InChI is InChI=1S/C13H14O5/c1-2-18-13(17)11-8-10(12(15)16)6-5-9(11)4-3-7-14/h5-8H,2-4H2,1H3,(H,15,16). The highest BCUT2D eigenvalue weighted by molar-refractivity contribution is 5.95. The Morgan fingerprint density at radius 3 is 2.67 bits per heavy atom. The van der Waals surface area contributed by atoms with Crippen LogP contribution in [-0.4, -0.2) is 29.9 Å². The topological polar surface area (TPSA) is 80.7 Å². The number of rotatable bonds is 6. The number of carbonyl (C=O) groups is 3. The van der Waals surface area contributed by atoms with E-state index in [0.29, 0.717) is 12.0 Å². The van der Waals surface area contributed by atoms with Crippen molar-refractivity contribution in [1.82, 2.24) is 0 Å². The first-order valence-electron chi connectivity index (χ1n) is 5.57. The summed E-state index contributed by atoms with van der Waals surface area (Å²) >= 11 is 0. The number of carboxylic acids is 1. The molecule has 96 valence electrons. The van der Waals surface area contributed by atoms with Crippen LogP contribution in [0.4, 0.5) is 0 Å². The predicted molar refractivity (Wildman–Crippen MR) is 63.7 cm³/mol. The first-order chi connectivity index (χ1) is 8.60. The van der Waals surface area contributed by atoms with Crippen molar-refractivity contribution >= 4 is 18.2 Å². The van der Waals surface area contributed by atoms with Crippen LogP contribution in [0.1, 0.15) is 39.6 Å². The van der Waals surface area contributed by atoms with E-state index in [1.165, 1.54) is 12.1 Å². The van der Waals surface area contributed by atoms with Gasteiger partial charge in [0, 0.05) is 6.42 Å². The molecule has 1 aromatic rings. The Labute approximate surface area is 104 Å². The van der Waals surface area contributed by atoms with Gasteiger partial charge in [-0.25, -0.2) is 9.59 Å². The van der Waals surface area contributed by atoms with Gasteiger partial charge < -0.3 is 14.6 Å². The molecule has 0 aromatic heterocycles. The minimum atomic E-state index is -1.11. The molecule has 0 amide bonds. The van der Waals surface area contributed by atoms with Crippen LogP contribution in [0.15, 0.2) is 18.2 Å². The van der Waals surface area contributed by atoms with Crippen LogP contribution in [0.2, 0.25) is 0 Å². The van der Waals surface area contributed by atoms with Gasteiger partial charge in [-0.05, 0) is 31.0 Å². The summed E-state index contributed by atoms with van der Waals surface area (Å²) in [6.07, 6.45) is 1.41. The molecule has 0 fully saturated rings. The number of esters is 1. The molecule has 18 heavy (non-hydrogen) atoms. The van der Waals surface area contributed by atoms with Crippen LogP contribution >= 0.6 is 0 Å². The molecule has 0 aliphatic carbocycles. The highest BCUT2D eigenvalue weighted by Crippen LogP contribution is 2.15. The van der Waals surface area contributed by atoms with Crippen LogP contribution in [-0.2, 0) is 16.0 Å². The fourth-order valence-electron chi connectivity index (χ4n) is 1.54. The molecule has 1 aromatic carbocycles. The second kappa shape index (κ2) is 6.54. The van der Waals surface area contributed by atoms with Crippen molar-refractivity contribution in [2.75, 3.05) is 6.61 Å². The number of aldehydes is 1. The molecule has 1 rings (SSSR count). The fraction of sp³-hybridized carbons (Fsp3) is 0.308. The maximum absolute atomic E-state index is 11.7. The summed E-state index contributed by atoms with van der Waals surface area (Å²) in [5.41, 5.74) is 0.844. The maximum Gasteiger partial charge on any atom is 0.338 e. The Morgan fingerprint density at radius 1 is 1.39 bits per heavy atom. The third kappa shape index (κ3) is 3.41. The molecule has 5 nitrogen and oxygen atoms in total. The van der Waals surface area contributed by atoms with Gasteiger partial charge in [0.05, 0.1) is 17.7 Å². The summed E-state index contributed by atoms with van der Waals surface area (Å²) in [6, 6.07) is 4.23. The molecule has 1 N–H and O–H groups in total. The lowest BCUT2D eigenvalue weighted by Crippen LogP contribution is -2.10. The van der Waals surface area contributed by atoms with Gasteiger partial charge in [-0.15, -0.1) is 0 Å². The van der Waals surface area contributed by atoms with Gasteiger partial charge in [-0.1, -0.05) is 6.07 Å². The van der Waals surface area contributed by atoms with Crippen molar-refractivity contribution < 1.29 is 24.2 Å². The van der Waals surface area contributed by atoms with Crippen molar-refractivity contribution in [2.24, 2.45) is 0 Å². The van der Waals surface area contributed by atoms with Crippen molar-refractivity contribution in [3.8, 4) is 0 Å². The number of carboxylic acid groups (broad SMARTS) is 1. The zero-order chi connectivity index (χ0) is 13.5. The number of hydrogen-bond acceptors (Lipinski definition) is 4. The van der Waals surface area contributed by atoms with Crippen LogP contribution in [0.5, 0.6) is 0 Å².